The molecule has 2 aliphatic carbocycles. The number of nitrogens with one attached hydrogen (secondary N) is 3. The zero-order valence-electron chi connectivity index (χ0n) is 27.7. The van der Waals surface area contributed by atoms with Crippen LogP contribution in [0.1, 0.15) is 63.6 Å². The van der Waals surface area contributed by atoms with Crippen LogP contribution in [-0.4, -0.2) is 76.5 Å². The zero-order valence-corrected chi connectivity index (χ0v) is 29.3. The van der Waals surface area contributed by atoms with Gasteiger partial charge in [-0.15, -0.1) is 17.9 Å². The Morgan fingerprint density at radius 1 is 1.20 bits per heavy atom. The first-order chi connectivity index (χ1) is 23.5. The largest absolute Gasteiger partial charge is 0.472 e. The molecule has 2 aliphatic heterocycles. The number of benzene rings is 1. The van der Waals surface area contributed by atoms with Gasteiger partial charge in [0.15, 0.2) is 5.13 Å². The second kappa shape index (κ2) is 13.0. The van der Waals surface area contributed by atoms with Gasteiger partial charge in [-0.3, -0.25) is 19.1 Å². The highest BCUT2D eigenvalue weighted by Gasteiger charge is 2.62. The van der Waals surface area contributed by atoms with Crippen molar-refractivity contribution in [2.75, 3.05) is 11.9 Å². The third kappa shape index (κ3) is 6.77. The van der Waals surface area contributed by atoms with Crippen molar-refractivity contribution >= 4 is 55.0 Å². The number of aryl methyl sites for hydroxylation is 2. The summed E-state index contributed by atoms with van der Waals surface area (Å²) >= 11 is 1.45. The number of anilines is 1. The quantitative estimate of drug-likeness (QED) is 0.311. The van der Waals surface area contributed by atoms with Gasteiger partial charge in [0.25, 0.3) is 5.91 Å². The van der Waals surface area contributed by atoms with Crippen LogP contribution in [0.5, 0.6) is 5.88 Å². The molecule has 2 aromatic heterocycles. The molecule has 4 aliphatic rings. The number of hydrogen-bond acceptors (Lipinski definition) is 10. The van der Waals surface area contributed by atoms with Crippen LogP contribution in [0.25, 0.3) is 10.8 Å². The summed E-state index contributed by atoms with van der Waals surface area (Å²) in [6.07, 6.45) is 7.68. The Morgan fingerprint density at radius 3 is 2.73 bits per heavy atom. The number of sulfonamides is 1. The average molecular weight is 707 g/mol. The maximum absolute atomic E-state index is 14.4. The Bertz CT molecular complexity index is 1910. The normalized spacial score (nSPS) is 27.2. The standard InChI is InChI=1S/C35H42N6O6S2/c1-4-23-17-35(23,33(44)40-49(45,46)26-11-12-26)39-30(42)28-16-25-18-41(28)32(43)29(20(2)3)38-34-37-24(19-48-34)8-6-5-7-21-9-10-22-13-14-36-31(47-25)27(22)15-21/h4,9-10,13-15,19-20,23,25-26,28-29H,1,5-8,11-12,16-18H2,2-3H3,(H,37,38)(H,39,42)(H,40,44)/t23?,25-,28+,29?,35-/m1/s1. The molecule has 3 aromatic rings. The van der Waals surface area contributed by atoms with E-state index >= 15 is 0 Å². The minimum Gasteiger partial charge on any atom is -0.472 e. The molecule has 14 heteroatoms. The van der Waals surface area contributed by atoms with Crippen molar-refractivity contribution in [3.63, 3.8) is 0 Å². The number of nitrogens with zero attached hydrogens (tertiary/aromatic N) is 3. The molecule has 49 heavy (non-hydrogen) atoms. The van der Waals surface area contributed by atoms with Gasteiger partial charge in [0, 0.05) is 29.3 Å². The Hall–Kier alpha value is -4.04. The molecule has 2 unspecified atom stereocenters. The molecule has 260 valence electrons. The van der Waals surface area contributed by atoms with E-state index in [9.17, 15) is 22.8 Å². The number of carbonyl (C=O) groups excluding carboxylic acids is 3. The predicted molar refractivity (Wildman–Crippen MR) is 187 cm³/mol. The van der Waals surface area contributed by atoms with E-state index in [4.69, 9.17) is 9.72 Å². The van der Waals surface area contributed by atoms with E-state index in [0.717, 1.165) is 42.1 Å². The van der Waals surface area contributed by atoms with Gasteiger partial charge >= 0.3 is 0 Å². The van der Waals surface area contributed by atoms with Crippen molar-refractivity contribution < 1.29 is 27.5 Å². The van der Waals surface area contributed by atoms with Crippen molar-refractivity contribution in [1.29, 1.82) is 0 Å². The SMILES string of the molecule is C=CC1C[C@]1(NC(=O)[C@@H]1C[C@@H]2CN1C(=O)C(C(C)C)Nc1nc(cs1)CCCCc1ccc3ccnc(c3c1)O2)C(=O)NS(=O)(=O)C1CC1. The monoisotopic (exact) mass is 706 g/mol. The van der Waals surface area contributed by atoms with Crippen LogP contribution in [0.4, 0.5) is 5.13 Å². The van der Waals surface area contributed by atoms with Crippen LogP contribution in [0.2, 0.25) is 0 Å². The summed E-state index contributed by atoms with van der Waals surface area (Å²) in [5.41, 5.74) is 0.663. The number of ether oxygens (including phenoxy) is 1. The molecular formula is C35H42N6O6S2. The van der Waals surface area contributed by atoms with Crippen molar-refractivity contribution in [3.05, 3.63) is 59.8 Å². The fourth-order valence-corrected chi connectivity index (χ4v) is 9.09. The van der Waals surface area contributed by atoms with Gasteiger partial charge in [-0.25, -0.2) is 18.4 Å². The summed E-state index contributed by atoms with van der Waals surface area (Å²) in [5, 5.41) is 10.1. The van der Waals surface area contributed by atoms with E-state index in [2.05, 4.69) is 45.1 Å². The maximum atomic E-state index is 14.4. The van der Waals surface area contributed by atoms with Crippen molar-refractivity contribution in [1.82, 2.24) is 24.9 Å². The number of carbonyl (C=O) groups is 3. The second-order valence-corrected chi connectivity index (χ2v) is 16.9. The third-order valence-corrected chi connectivity index (χ3v) is 12.7. The third-order valence-electron chi connectivity index (χ3n) is 10.1. The number of thiazole rings is 1. The van der Waals surface area contributed by atoms with Gasteiger partial charge in [0.1, 0.15) is 23.7 Å². The molecule has 1 saturated heterocycles. The van der Waals surface area contributed by atoms with Gasteiger partial charge in [0.2, 0.25) is 27.7 Å². The summed E-state index contributed by atoms with van der Waals surface area (Å²) in [5.74, 6) is -1.80. The Morgan fingerprint density at radius 2 is 2.00 bits per heavy atom. The van der Waals surface area contributed by atoms with Gasteiger partial charge in [0.05, 0.1) is 17.5 Å². The number of aromatic nitrogens is 2. The van der Waals surface area contributed by atoms with Crippen LogP contribution in [0, 0.1) is 11.8 Å². The highest BCUT2D eigenvalue weighted by molar-refractivity contribution is 7.91. The lowest BCUT2D eigenvalue weighted by Gasteiger charge is -2.31. The first-order valence-electron chi connectivity index (χ1n) is 17.0. The summed E-state index contributed by atoms with van der Waals surface area (Å²) in [6.45, 7) is 7.78. The summed E-state index contributed by atoms with van der Waals surface area (Å²) in [6, 6.07) is 6.53. The molecule has 3 amide bonds. The fraction of sp³-hybridized carbons (Fsp3) is 0.514. The molecule has 4 heterocycles. The van der Waals surface area contributed by atoms with Crippen LogP contribution in [-0.2, 0) is 37.2 Å². The second-order valence-electron chi connectivity index (χ2n) is 14.1. The lowest BCUT2D eigenvalue weighted by Crippen LogP contribution is -2.58. The number of hydrogen-bond donors (Lipinski definition) is 3. The van der Waals surface area contributed by atoms with Gasteiger partial charge in [-0.1, -0.05) is 32.1 Å². The van der Waals surface area contributed by atoms with E-state index in [1.165, 1.54) is 21.8 Å². The zero-order chi connectivity index (χ0) is 34.5. The van der Waals surface area contributed by atoms with Crippen LogP contribution in [0.15, 0.2) is 48.5 Å². The Balaban J connectivity index is 1.21. The Labute approximate surface area is 290 Å². The van der Waals surface area contributed by atoms with Crippen LogP contribution >= 0.6 is 11.3 Å². The first kappa shape index (κ1) is 33.5. The molecule has 1 aromatic carbocycles. The number of amides is 3. The number of pyridine rings is 1. The number of rotatable bonds is 7. The lowest BCUT2D eigenvalue weighted by atomic mass is 10.0. The molecule has 3 fully saturated rings. The summed E-state index contributed by atoms with van der Waals surface area (Å²) in [7, 11) is -3.84. The molecule has 7 rings (SSSR count). The van der Waals surface area contributed by atoms with Crippen molar-refractivity contribution in [2.45, 2.75) is 94.2 Å². The molecular weight excluding hydrogens is 665 g/mol. The van der Waals surface area contributed by atoms with Gasteiger partial charge in [-0.2, -0.15) is 0 Å². The first-order valence-corrected chi connectivity index (χ1v) is 19.5. The van der Waals surface area contributed by atoms with Crippen LogP contribution in [0.3, 0.4) is 0 Å². The van der Waals surface area contributed by atoms with E-state index in [1.54, 1.807) is 12.3 Å². The molecule has 0 radical (unpaired) electrons. The average Bonchev–Trinajstić information content (AvgIpc) is 3.96. The molecule has 0 spiro atoms. The van der Waals surface area contributed by atoms with E-state index in [-0.39, 0.29) is 31.2 Å². The molecule has 3 N–H and O–H groups in total. The molecule has 2 saturated carbocycles. The van der Waals surface area contributed by atoms with Gasteiger partial charge < -0.3 is 20.3 Å². The molecule has 5 atom stereocenters. The van der Waals surface area contributed by atoms with Crippen molar-refractivity contribution in [3.8, 4) is 5.88 Å². The minimum absolute atomic E-state index is 0.114. The topological polar surface area (TPSA) is 160 Å². The summed E-state index contributed by atoms with van der Waals surface area (Å²) in [4.78, 5) is 52.9. The smallest absolute Gasteiger partial charge is 0.259 e. The molecule has 12 nitrogen and oxygen atoms in total. The van der Waals surface area contributed by atoms with E-state index in [0.29, 0.717) is 23.9 Å². The van der Waals surface area contributed by atoms with Crippen LogP contribution < -0.4 is 20.1 Å². The van der Waals surface area contributed by atoms with Gasteiger partial charge in [-0.05, 0) is 73.9 Å². The predicted octanol–water partition coefficient (Wildman–Crippen LogP) is 3.72. The lowest BCUT2D eigenvalue weighted by molar-refractivity contribution is -0.140. The van der Waals surface area contributed by atoms with Crippen molar-refractivity contribution in [2.24, 2.45) is 11.8 Å². The van der Waals surface area contributed by atoms with E-state index in [1.807, 2.05) is 25.3 Å². The minimum atomic E-state index is -3.84. The van der Waals surface area contributed by atoms with E-state index < -0.39 is 56.7 Å². The number of fused-ring (bicyclic) bond motifs is 5. The highest BCUT2D eigenvalue weighted by Crippen LogP contribution is 2.45. The highest BCUT2D eigenvalue weighted by atomic mass is 32.2. The molecule has 6 bridgehead atoms. The maximum Gasteiger partial charge on any atom is 0.259 e. The Kier molecular flexibility index (Phi) is 8.89. The fourth-order valence-electron chi connectivity index (χ4n) is 6.94. The summed E-state index contributed by atoms with van der Waals surface area (Å²) < 4.78 is 34.0.